The first kappa shape index (κ1) is 9.74. The van der Waals surface area contributed by atoms with E-state index in [2.05, 4.69) is 18.8 Å². The molecule has 0 aromatic carbocycles. The van der Waals surface area contributed by atoms with Gasteiger partial charge in [-0.25, -0.2) is 4.98 Å². The molecule has 4 heteroatoms. The Morgan fingerprint density at radius 3 is 3.00 bits per heavy atom. The average molecular weight is 214 g/mol. The molecule has 0 bridgehead atoms. The number of pyridine rings is 1. The number of aliphatic hydroxyl groups is 1. The summed E-state index contributed by atoms with van der Waals surface area (Å²) < 4.78 is 5.48. The Bertz CT molecular complexity index is 377. The fourth-order valence-electron chi connectivity index (χ4n) is 1.83. The molecule has 76 valence electrons. The Balaban J connectivity index is 2.66. The lowest BCUT2D eigenvalue weighted by Crippen LogP contribution is -2.20. The van der Waals surface area contributed by atoms with Gasteiger partial charge in [0.2, 0.25) is 0 Å². The van der Waals surface area contributed by atoms with Crippen LogP contribution in [0.3, 0.4) is 0 Å². The highest BCUT2D eigenvalue weighted by Crippen LogP contribution is 2.43. The molecule has 0 unspecified atom stereocenters. The fraction of sp³-hybridized carbons (Fsp3) is 0.500. The summed E-state index contributed by atoms with van der Waals surface area (Å²) in [5, 5.41) is 9.56. The zero-order valence-electron chi connectivity index (χ0n) is 8.17. The SMILES string of the molecule is CC1(C)COc2c(Cl)ncc(CO)c21. The predicted octanol–water partition coefficient (Wildman–Crippen LogP) is 1.90. The Labute approximate surface area is 87.7 Å². The first-order valence-electron chi connectivity index (χ1n) is 4.48. The average Bonchev–Trinajstić information content (AvgIpc) is 2.45. The lowest BCUT2D eigenvalue weighted by molar-refractivity contribution is 0.275. The number of nitrogens with zero attached hydrogens (tertiary/aromatic N) is 1. The topological polar surface area (TPSA) is 42.4 Å². The lowest BCUT2D eigenvalue weighted by Gasteiger charge is -2.17. The highest BCUT2D eigenvalue weighted by molar-refractivity contribution is 6.31. The molecule has 2 rings (SSSR count). The second kappa shape index (κ2) is 3.11. The Morgan fingerprint density at radius 2 is 2.36 bits per heavy atom. The molecule has 1 aromatic rings. The van der Waals surface area contributed by atoms with Crippen molar-refractivity contribution in [3.63, 3.8) is 0 Å². The van der Waals surface area contributed by atoms with E-state index in [0.717, 1.165) is 11.1 Å². The minimum absolute atomic E-state index is 0.0285. The summed E-state index contributed by atoms with van der Waals surface area (Å²) in [6.45, 7) is 4.68. The van der Waals surface area contributed by atoms with Crippen molar-refractivity contribution in [1.82, 2.24) is 4.98 Å². The van der Waals surface area contributed by atoms with Gasteiger partial charge >= 0.3 is 0 Å². The number of aromatic nitrogens is 1. The van der Waals surface area contributed by atoms with Crippen LogP contribution in [0.1, 0.15) is 25.0 Å². The summed E-state index contributed by atoms with van der Waals surface area (Å²) in [6, 6.07) is 0. The first-order chi connectivity index (χ1) is 6.56. The molecular formula is C10H12ClNO2. The van der Waals surface area contributed by atoms with Gasteiger partial charge in [-0.1, -0.05) is 25.4 Å². The molecular weight excluding hydrogens is 202 g/mol. The molecule has 2 heterocycles. The molecule has 0 radical (unpaired) electrons. The van der Waals surface area contributed by atoms with Crippen molar-refractivity contribution in [1.29, 1.82) is 0 Å². The van der Waals surface area contributed by atoms with Crippen LogP contribution in [-0.2, 0) is 12.0 Å². The van der Waals surface area contributed by atoms with Gasteiger partial charge in [0, 0.05) is 22.7 Å². The number of hydrogen-bond acceptors (Lipinski definition) is 3. The minimum Gasteiger partial charge on any atom is -0.489 e. The van der Waals surface area contributed by atoms with Crippen LogP contribution in [0.5, 0.6) is 5.75 Å². The van der Waals surface area contributed by atoms with E-state index in [9.17, 15) is 5.11 Å². The standard InChI is InChI=1S/C10H12ClNO2/c1-10(2)5-14-8-7(10)6(4-13)3-12-9(8)11/h3,13H,4-5H2,1-2H3. The summed E-state index contributed by atoms with van der Waals surface area (Å²) >= 11 is 5.91. The quantitative estimate of drug-likeness (QED) is 0.725. The molecule has 1 aromatic heterocycles. The van der Waals surface area contributed by atoms with Gasteiger partial charge in [-0.15, -0.1) is 0 Å². The van der Waals surface area contributed by atoms with Crippen molar-refractivity contribution in [3.05, 3.63) is 22.5 Å². The van der Waals surface area contributed by atoms with E-state index < -0.39 is 0 Å². The fourth-order valence-corrected chi connectivity index (χ4v) is 2.02. The number of fused-ring (bicyclic) bond motifs is 1. The highest BCUT2D eigenvalue weighted by atomic mass is 35.5. The van der Waals surface area contributed by atoms with Crippen LogP contribution in [0.15, 0.2) is 6.20 Å². The number of rotatable bonds is 1. The molecule has 0 spiro atoms. The Morgan fingerprint density at radius 1 is 1.64 bits per heavy atom. The van der Waals surface area contributed by atoms with Gasteiger partial charge in [-0.3, -0.25) is 0 Å². The van der Waals surface area contributed by atoms with Gasteiger partial charge in [-0.05, 0) is 0 Å². The number of aliphatic hydroxyl groups excluding tert-OH is 1. The predicted molar refractivity (Wildman–Crippen MR) is 53.7 cm³/mol. The van der Waals surface area contributed by atoms with Crippen molar-refractivity contribution < 1.29 is 9.84 Å². The molecule has 1 aliphatic rings. The Kier molecular flexibility index (Phi) is 2.16. The van der Waals surface area contributed by atoms with Gasteiger partial charge in [-0.2, -0.15) is 0 Å². The van der Waals surface area contributed by atoms with Gasteiger partial charge in [0.05, 0.1) is 13.2 Å². The van der Waals surface area contributed by atoms with E-state index in [1.165, 1.54) is 0 Å². The van der Waals surface area contributed by atoms with Crippen molar-refractivity contribution in [2.45, 2.75) is 25.9 Å². The maximum atomic E-state index is 9.19. The molecule has 0 saturated heterocycles. The second-order valence-electron chi connectivity index (χ2n) is 4.11. The molecule has 0 amide bonds. The van der Waals surface area contributed by atoms with Crippen LogP contribution in [-0.4, -0.2) is 16.7 Å². The van der Waals surface area contributed by atoms with E-state index in [1.807, 2.05) is 0 Å². The van der Waals surface area contributed by atoms with Crippen LogP contribution in [0.4, 0.5) is 0 Å². The van der Waals surface area contributed by atoms with Crippen molar-refractivity contribution in [2.24, 2.45) is 0 Å². The van der Waals surface area contributed by atoms with E-state index in [-0.39, 0.29) is 12.0 Å². The zero-order valence-corrected chi connectivity index (χ0v) is 8.93. The van der Waals surface area contributed by atoms with E-state index in [1.54, 1.807) is 6.20 Å². The molecule has 0 fully saturated rings. The molecule has 0 atom stereocenters. The van der Waals surface area contributed by atoms with Crippen LogP contribution in [0.2, 0.25) is 5.15 Å². The smallest absolute Gasteiger partial charge is 0.171 e. The third kappa shape index (κ3) is 1.28. The second-order valence-corrected chi connectivity index (χ2v) is 4.47. The van der Waals surface area contributed by atoms with Crippen molar-refractivity contribution >= 4 is 11.6 Å². The van der Waals surface area contributed by atoms with E-state index >= 15 is 0 Å². The van der Waals surface area contributed by atoms with Crippen molar-refractivity contribution in [3.8, 4) is 5.75 Å². The normalized spacial score (nSPS) is 17.7. The molecule has 1 N–H and O–H groups in total. The summed E-state index contributed by atoms with van der Waals surface area (Å²) in [4.78, 5) is 3.97. The summed E-state index contributed by atoms with van der Waals surface area (Å²) in [5.74, 6) is 0.628. The maximum Gasteiger partial charge on any atom is 0.171 e. The number of halogens is 1. The largest absolute Gasteiger partial charge is 0.489 e. The number of ether oxygens (including phenoxy) is 1. The molecule has 3 nitrogen and oxygen atoms in total. The summed E-state index contributed by atoms with van der Waals surface area (Å²) in [5.41, 5.74) is 1.69. The van der Waals surface area contributed by atoms with Gasteiger partial charge < -0.3 is 9.84 Å². The van der Waals surface area contributed by atoms with E-state index in [4.69, 9.17) is 16.3 Å². The zero-order chi connectivity index (χ0) is 10.3. The van der Waals surface area contributed by atoms with Crippen LogP contribution in [0.25, 0.3) is 0 Å². The van der Waals surface area contributed by atoms with Gasteiger partial charge in [0.25, 0.3) is 0 Å². The highest BCUT2D eigenvalue weighted by Gasteiger charge is 2.36. The lowest BCUT2D eigenvalue weighted by atomic mass is 9.85. The molecule has 1 aliphatic heterocycles. The monoisotopic (exact) mass is 213 g/mol. The Hall–Kier alpha value is -0.800. The van der Waals surface area contributed by atoms with Crippen molar-refractivity contribution in [2.75, 3.05) is 6.61 Å². The van der Waals surface area contributed by atoms with Crippen LogP contribution < -0.4 is 4.74 Å². The van der Waals surface area contributed by atoms with Gasteiger partial charge in [0.1, 0.15) is 0 Å². The third-order valence-corrected chi connectivity index (χ3v) is 2.76. The summed E-state index contributed by atoms with van der Waals surface area (Å²) in [7, 11) is 0. The first-order valence-corrected chi connectivity index (χ1v) is 4.85. The minimum atomic E-state index is -0.0972. The number of hydrogen-bond donors (Lipinski definition) is 1. The van der Waals surface area contributed by atoms with Crippen LogP contribution in [0, 0.1) is 0 Å². The summed E-state index contributed by atoms with van der Waals surface area (Å²) in [6.07, 6.45) is 1.61. The third-order valence-electron chi connectivity index (χ3n) is 2.49. The van der Waals surface area contributed by atoms with Crippen LogP contribution >= 0.6 is 11.6 Å². The maximum absolute atomic E-state index is 9.19. The molecule has 0 saturated carbocycles. The van der Waals surface area contributed by atoms with E-state index in [0.29, 0.717) is 17.5 Å². The molecule has 0 aliphatic carbocycles. The molecule has 14 heavy (non-hydrogen) atoms. The van der Waals surface area contributed by atoms with Gasteiger partial charge in [0.15, 0.2) is 10.9 Å².